The van der Waals surface area contributed by atoms with Crippen molar-refractivity contribution >= 4 is 5.95 Å². The Balaban J connectivity index is 1.19. The fourth-order valence-corrected chi connectivity index (χ4v) is 6.21. The lowest BCUT2D eigenvalue weighted by atomic mass is 9.73. The Morgan fingerprint density at radius 3 is 2.50 bits per heavy atom. The lowest BCUT2D eigenvalue weighted by molar-refractivity contribution is 0.0149. The van der Waals surface area contributed by atoms with Crippen LogP contribution in [0.4, 0.5) is 10.3 Å². The van der Waals surface area contributed by atoms with Crippen LogP contribution in [0.25, 0.3) is 11.3 Å². The first-order valence-corrected chi connectivity index (χ1v) is 13.4. The van der Waals surface area contributed by atoms with Crippen molar-refractivity contribution in [1.82, 2.24) is 20.2 Å². The Hall–Kier alpha value is -2.51. The van der Waals surface area contributed by atoms with E-state index in [1.165, 1.54) is 31.5 Å². The van der Waals surface area contributed by atoms with Gasteiger partial charge in [0.25, 0.3) is 0 Å². The number of hydrogen-bond acceptors (Lipinski definition) is 6. The largest absolute Gasteiger partial charge is 0.385 e. The van der Waals surface area contributed by atoms with Crippen LogP contribution in [-0.4, -0.2) is 72.5 Å². The second-order valence-corrected chi connectivity index (χ2v) is 11.1. The van der Waals surface area contributed by atoms with Gasteiger partial charge >= 0.3 is 0 Å². The quantitative estimate of drug-likeness (QED) is 0.515. The van der Waals surface area contributed by atoms with Gasteiger partial charge < -0.3 is 19.9 Å². The van der Waals surface area contributed by atoms with Crippen LogP contribution in [0, 0.1) is 5.92 Å². The first kappa shape index (κ1) is 25.2. The molecule has 4 saturated heterocycles. The van der Waals surface area contributed by atoms with Gasteiger partial charge in [-0.2, -0.15) is 0 Å². The summed E-state index contributed by atoms with van der Waals surface area (Å²) in [5.41, 5.74) is 2.32. The number of halogens is 1. The van der Waals surface area contributed by atoms with Crippen molar-refractivity contribution in [3.63, 3.8) is 0 Å². The maximum Gasteiger partial charge on any atom is 0.225 e. The number of methoxy groups -OCH3 is 1. The average Bonchev–Trinajstić information content (AvgIpc) is 2.90. The van der Waals surface area contributed by atoms with Gasteiger partial charge in [0.2, 0.25) is 5.95 Å². The van der Waals surface area contributed by atoms with E-state index >= 15 is 4.39 Å². The van der Waals surface area contributed by atoms with Gasteiger partial charge in [-0.15, -0.1) is 0 Å². The van der Waals surface area contributed by atoms with E-state index < -0.39 is 5.67 Å². The normalized spacial score (nSPS) is 27.1. The maximum atomic E-state index is 16.1. The molecule has 6 rings (SSSR count). The lowest BCUT2D eigenvalue weighted by Crippen LogP contribution is -2.65. The highest BCUT2D eigenvalue weighted by Crippen LogP contribution is 2.39. The first-order chi connectivity index (χ1) is 17.4. The summed E-state index contributed by atoms with van der Waals surface area (Å²) in [7, 11) is 1.73. The summed E-state index contributed by atoms with van der Waals surface area (Å²) in [6, 6.07) is 10.5. The molecule has 4 aliphatic heterocycles. The molecular formula is C29H40FN5O. The number of benzene rings is 1. The lowest BCUT2D eigenvalue weighted by Gasteiger charge is -2.53. The summed E-state index contributed by atoms with van der Waals surface area (Å²) in [5.74, 6) is 1.26. The van der Waals surface area contributed by atoms with Crippen molar-refractivity contribution in [1.29, 1.82) is 0 Å². The van der Waals surface area contributed by atoms with Gasteiger partial charge in [-0.1, -0.05) is 30.8 Å². The number of fused-ring (bicyclic) bond motifs is 3. The number of aryl methyl sites for hydroxylation is 1. The molecule has 4 aliphatic rings. The summed E-state index contributed by atoms with van der Waals surface area (Å²) in [5, 5.41) is 3.57. The standard InChI is InChI=1S/C29H40FN5O/c1-22(33-28(2)21-34-16-11-25(28)12-17-34)29(30)13-18-35(19-14-29)27-31-15-10-26(32-27)24-8-6-23(7-9-24)5-4-20-36-3/h6-10,15,25,33H,1,4-5,11-14,16-21H2,2-3H3. The monoisotopic (exact) mass is 493 g/mol. The van der Waals surface area contributed by atoms with Gasteiger partial charge in [-0.3, -0.25) is 0 Å². The van der Waals surface area contributed by atoms with E-state index in [1.54, 1.807) is 13.3 Å². The predicted molar refractivity (Wildman–Crippen MR) is 143 cm³/mol. The smallest absolute Gasteiger partial charge is 0.225 e. The van der Waals surface area contributed by atoms with Gasteiger partial charge in [0, 0.05) is 69.2 Å². The van der Waals surface area contributed by atoms with Crippen LogP contribution in [0.5, 0.6) is 0 Å². The third kappa shape index (κ3) is 5.28. The van der Waals surface area contributed by atoms with Gasteiger partial charge in [-0.05, 0) is 63.2 Å². The summed E-state index contributed by atoms with van der Waals surface area (Å²) in [6.07, 6.45) is 6.98. The average molecular weight is 494 g/mol. The van der Waals surface area contributed by atoms with Crippen LogP contribution >= 0.6 is 0 Å². The van der Waals surface area contributed by atoms with Gasteiger partial charge in [0.1, 0.15) is 0 Å². The molecule has 1 atom stereocenters. The van der Waals surface area contributed by atoms with Crippen molar-refractivity contribution in [3.05, 3.63) is 54.4 Å². The highest BCUT2D eigenvalue weighted by Gasteiger charge is 2.46. The number of piperidine rings is 4. The van der Waals surface area contributed by atoms with Crippen LogP contribution in [-0.2, 0) is 11.2 Å². The molecule has 2 aromatic rings. The summed E-state index contributed by atoms with van der Waals surface area (Å²) in [4.78, 5) is 13.9. The SMILES string of the molecule is C=C(NC1(C)CN2CCC1CC2)C1(F)CCN(c2nccc(-c3ccc(CCCOC)cc3)n2)CC1. The molecule has 1 unspecified atom stereocenters. The number of nitrogens with one attached hydrogen (secondary N) is 1. The zero-order valence-electron chi connectivity index (χ0n) is 21.8. The zero-order valence-corrected chi connectivity index (χ0v) is 21.8. The number of anilines is 1. The van der Waals surface area contributed by atoms with Crippen LogP contribution in [0.1, 0.15) is 44.6 Å². The molecule has 0 spiro atoms. The molecule has 7 heteroatoms. The minimum absolute atomic E-state index is 0.0828. The number of hydrogen-bond donors (Lipinski definition) is 1. The van der Waals surface area contributed by atoms with Crippen molar-refractivity contribution in [3.8, 4) is 11.3 Å². The van der Waals surface area contributed by atoms with Crippen LogP contribution < -0.4 is 10.2 Å². The van der Waals surface area contributed by atoms with E-state index in [-0.39, 0.29) is 5.54 Å². The van der Waals surface area contributed by atoms with E-state index in [4.69, 9.17) is 9.72 Å². The fraction of sp³-hybridized carbons (Fsp3) is 0.586. The number of allylic oxidation sites excluding steroid dienone is 1. The second kappa shape index (κ2) is 10.5. The van der Waals surface area contributed by atoms with Crippen LogP contribution in [0.3, 0.4) is 0 Å². The molecule has 6 nitrogen and oxygen atoms in total. The van der Waals surface area contributed by atoms with Gasteiger partial charge in [-0.25, -0.2) is 14.4 Å². The molecular weight excluding hydrogens is 453 g/mol. The Morgan fingerprint density at radius 2 is 1.86 bits per heavy atom. The topological polar surface area (TPSA) is 53.5 Å². The van der Waals surface area contributed by atoms with Crippen LogP contribution in [0.2, 0.25) is 0 Å². The van der Waals surface area contributed by atoms with E-state index in [1.807, 2.05) is 6.07 Å². The third-order valence-electron chi connectivity index (χ3n) is 8.56. The van der Waals surface area contributed by atoms with E-state index in [0.29, 0.717) is 43.5 Å². The maximum absolute atomic E-state index is 16.1. The highest BCUT2D eigenvalue weighted by molar-refractivity contribution is 5.60. The fourth-order valence-electron chi connectivity index (χ4n) is 6.21. The van der Waals surface area contributed by atoms with Crippen molar-refractivity contribution in [2.24, 2.45) is 5.92 Å². The van der Waals surface area contributed by atoms with Crippen LogP contribution in [0.15, 0.2) is 48.8 Å². The van der Waals surface area contributed by atoms with E-state index in [9.17, 15) is 0 Å². The number of aromatic nitrogens is 2. The molecule has 2 bridgehead atoms. The van der Waals surface area contributed by atoms with Crippen molar-refractivity contribution in [2.75, 3.05) is 51.3 Å². The molecule has 1 N–H and O–H groups in total. The van der Waals surface area contributed by atoms with Gasteiger partial charge in [0.05, 0.1) is 5.69 Å². The Labute approximate surface area is 215 Å². The molecule has 4 fully saturated rings. The third-order valence-corrected chi connectivity index (χ3v) is 8.56. The second-order valence-electron chi connectivity index (χ2n) is 11.1. The Morgan fingerprint density at radius 1 is 1.14 bits per heavy atom. The Bertz CT molecular complexity index is 1040. The number of alkyl halides is 1. The Kier molecular flexibility index (Phi) is 7.31. The predicted octanol–water partition coefficient (Wildman–Crippen LogP) is 4.62. The minimum Gasteiger partial charge on any atom is -0.385 e. The minimum atomic E-state index is -1.40. The molecule has 5 heterocycles. The number of nitrogens with zero attached hydrogens (tertiary/aromatic N) is 4. The summed E-state index contributed by atoms with van der Waals surface area (Å²) in [6.45, 7) is 11.7. The van der Waals surface area contributed by atoms with E-state index in [2.05, 4.69) is 57.9 Å². The summed E-state index contributed by atoms with van der Waals surface area (Å²) < 4.78 is 21.2. The molecule has 194 valence electrons. The molecule has 36 heavy (non-hydrogen) atoms. The first-order valence-electron chi connectivity index (χ1n) is 13.4. The molecule has 1 aromatic carbocycles. The molecule has 1 aromatic heterocycles. The molecule has 0 amide bonds. The highest BCUT2D eigenvalue weighted by atomic mass is 19.1. The summed E-state index contributed by atoms with van der Waals surface area (Å²) >= 11 is 0. The van der Waals surface area contributed by atoms with E-state index in [0.717, 1.165) is 37.3 Å². The number of ether oxygens (including phenoxy) is 1. The van der Waals surface area contributed by atoms with Gasteiger partial charge in [0.15, 0.2) is 5.67 Å². The van der Waals surface area contributed by atoms with Crippen molar-refractivity contribution in [2.45, 2.75) is 56.7 Å². The zero-order chi connectivity index (χ0) is 25.2. The molecule has 0 saturated carbocycles. The molecule has 0 radical (unpaired) electrons. The number of rotatable bonds is 9. The molecule has 0 aliphatic carbocycles. The van der Waals surface area contributed by atoms with Crippen molar-refractivity contribution < 1.29 is 9.13 Å².